The Morgan fingerprint density at radius 3 is 2.70 bits per heavy atom. The molecule has 0 aliphatic rings. The van der Waals surface area contributed by atoms with Gasteiger partial charge in [-0.15, -0.1) is 18.3 Å². The van der Waals surface area contributed by atoms with Gasteiger partial charge in [-0.05, 0) is 42.3 Å². The van der Waals surface area contributed by atoms with Gasteiger partial charge in [-0.2, -0.15) is 5.10 Å². The number of hydrogen-bond donors (Lipinski definition) is 2. The molecule has 158 valence electrons. The molecule has 2 N–H and O–H groups in total. The molecule has 0 fully saturated rings. The van der Waals surface area contributed by atoms with E-state index in [1.165, 1.54) is 28.7 Å². The van der Waals surface area contributed by atoms with E-state index >= 15 is 0 Å². The number of H-pyrrole nitrogens is 1. The summed E-state index contributed by atoms with van der Waals surface area (Å²) in [7, 11) is 0. The number of amides is 1. The number of aromatic amines is 1. The molecule has 1 amide bonds. The van der Waals surface area contributed by atoms with Crippen molar-refractivity contribution in [3.05, 3.63) is 52.9 Å². The number of hydrogen-bond acceptors (Lipinski definition) is 6. The van der Waals surface area contributed by atoms with Gasteiger partial charge in [-0.25, -0.2) is 4.98 Å². The molecular formula is C21H25N5OS3. The fourth-order valence-electron chi connectivity index (χ4n) is 2.80. The molecule has 0 bridgehead atoms. The third-order valence-corrected chi connectivity index (χ3v) is 6.80. The second kappa shape index (κ2) is 9.28. The first kappa shape index (κ1) is 22.5. The van der Waals surface area contributed by atoms with Crippen molar-refractivity contribution in [2.24, 2.45) is 0 Å². The maximum atomic E-state index is 12.4. The Kier molecular flexibility index (Phi) is 6.95. The molecule has 3 rings (SSSR count). The minimum Gasteiger partial charge on any atom is -0.301 e. The molecule has 0 spiro atoms. The largest absolute Gasteiger partial charge is 0.301 e. The molecule has 2 heterocycles. The van der Waals surface area contributed by atoms with Gasteiger partial charge in [0.15, 0.2) is 15.7 Å². The van der Waals surface area contributed by atoms with Gasteiger partial charge in [-0.3, -0.25) is 14.5 Å². The molecule has 0 saturated heterocycles. The maximum Gasteiger partial charge on any atom is 0.236 e. The summed E-state index contributed by atoms with van der Waals surface area (Å²) in [4.78, 5) is 18.8. The number of aryl methyl sites for hydroxylation is 1. The van der Waals surface area contributed by atoms with E-state index in [9.17, 15) is 4.79 Å². The molecule has 0 atom stereocenters. The third kappa shape index (κ3) is 5.27. The number of anilines is 1. The Labute approximate surface area is 189 Å². The second-order valence-corrected chi connectivity index (χ2v) is 10.2. The summed E-state index contributed by atoms with van der Waals surface area (Å²) in [6, 6.07) is 8.36. The van der Waals surface area contributed by atoms with E-state index in [-0.39, 0.29) is 11.3 Å². The van der Waals surface area contributed by atoms with Crippen LogP contribution in [0.5, 0.6) is 0 Å². The van der Waals surface area contributed by atoms with Gasteiger partial charge < -0.3 is 5.32 Å². The van der Waals surface area contributed by atoms with Crippen molar-refractivity contribution in [3.8, 4) is 10.7 Å². The lowest BCUT2D eigenvalue weighted by molar-refractivity contribution is -0.113. The number of thioether (sulfide) groups is 1. The molecule has 0 aliphatic carbocycles. The quantitative estimate of drug-likeness (QED) is 0.274. The van der Waals surface area contributed by atoms with Crippen molar-refractivity contribution in [3.63, 3.8) is 0 Å². The van der Waals surface area contributed by atoms with E-state index in [4.69, 9.17) is 12.2 Å². The van der Waals surface area contributed by atoms with Crippen molar-refractivity contribution in [2.75, 3.05) is 11.1 Å². The topological polar surface area (TPSA) is 75.6 Å². The van der Waals surface area contributed by atoms with Crippen LogP contribution in [-0.2, 0) is 16.8 Å². The molecule has 6 nitrogen and oxygen atoms in total. The Morgan fingerprint density at radius 2 is 2.07 bits per heavy atom. The number of allylic oxidation sites excluding steroid dienone is 1. The lowest BCUT2D eigenvalue weighted by Gasteiger charge is -2.19. The van der Waals surface area contributed by atoms with Crippen LogP contribution in [0.15, 0.2) is 41.8 Å². The van der Waals surface area contributed by atoms with Crippen LogP contribution in [-0.4, -0.2) is 31.4 Å². The Bertz CT molecular complexity index is 1100. The zero-order valence-electron chi connectivity index (χ0n) is 17.5. The highest BCUT2D eigenvalue weighted by molar-refractivity contribution is 8.00. The van der Waals surface area contributed by atoms with Gasteiger partial charge in [0.05, 0.1) is 16.3 Å². The van der Waals surface area contributed by atoms with Crippen molar-refractivity contribution >= 4 is 46.4 Å². The van der Waals surface area contributed by atoms with E-state index < -0.39 is 0 Å². The Balaban J connectivity index is 1.65. The molecule has 0 radical (unpaired) electrons. The number of carbonyl (C=O) groups excluding carboxylic acids is 1. The first-order valence-electron chi connectivity index (χ1n) is 9.46. The first-order valence-corrected chi connectivity index (χ1v) is 11.7. The number of rotatable bonds is 7. The highest BCUT2D eigenvalue weighted by Crippen LogP contribution is 2.32. The molecular weight excluding hydrogens is 434 g/mol. The third-order valence-electron chi connectivity index (χ3n) is 4.41. The summed E-state index contributed by atoms with van der Waals surface area (Å²) in [5.74, 6) is 0.923. The number of nitrogens with one attached hydrogen (secondary N) is 2. The molecule has 0 unspecified atom stereocenters. The van der Waals surface area contributed by atoms with Gasteiger partial charge >= 0.3 is 0 Å². The minimum atomic E-state index is -0.0925. The van der Waals surface area contributed by atoms with E-state index in [1.54, 1.807) is 6.08 Å². The summed E-state index contributed by atoms with van der Waals surface area (Å²) in [6.07, 6.45) is 1.76. The van der Waals surface area contributed by atoms with Crippen LogP contribution in [0.2, 0.25) is 0 Å². The van der Waals surface area contributed by atoms with Gasteiger partial charge in [0.1, 0.15) is 0 Å². The fourth-order valence-corrected chi connectivity index (χ4v) is 4.69. The van der Waals surface area contributed by atoms with Crippen LogP contribution in [0.25, 0.3) is 10.7 Å². The number of aromatic nitrogens is 4. The van der Waals surface area contributed by atoms with Gasteiger partial charge in [0, 0.05) is 11.4 Å². The monoisotopic (exact) mass is 459 g/mol. The molecule has 9 heteroatoms. The maximum absolute atomic E-state index is 12.4. The fraction of sp³-hybridized carbons (Fsp3) is 0.333. The number of carbonyl (C=O) groups is 1. The van der Waals surface area contributed by atoms with Crippen molar-refractivity contribution < 1.29 is 4.79 Å². The van der Waals surface area contributed by atoms with E-state index in [0.29, 0.717) is 28.0 Å². The zero-order valence-corrected chi connectivity index (χ0v) is 19.9. The number of benzene rings is 1. The normalized spacial score (nSPS) is 11.5. The van der Waals surface area contributed by atoms with Crippen molar-refractivity contribution in [1.82, 2.24) is 19.7 Å². The van der Waals surface area contributed by atoms with Gasteiger partial charge in [0.25, 0.3) is 0 Å². The molecule has 0 aliphatic heterocycles. The summed E-state index contributed by atoms with van der Waals surface area (Å²) >= 11 is 8.17. The van der Waals surface area contributed by atoms with Crippen LogP contribution in [0, 0.1) is 11.7 Å². The van der Waals surface area contributed by atoms with Crippen LogP contribution in [0.1, 0.15) is 32.0 Å². The summed E-state index contributed by atoms with van der Waals surface area (Å²) in [6.45, 7) is 12.8. The Hall–Kier alpha value is -2.23. The van der Waals surface area contributed by atoms with E-state index in [2.05, 4.69) is 72.1 Å². The van der Waals surface area contributed by atoms with Crippen LogP contribution >= 0.6 is 35.3 Å². The molecule has 3 aromatic rings. The summed E-state index contributed by atoms with van der Waals surface area (Å²) in [5, 5.41) is 10.6. The molecule has 1 aromatic carbocycles. The van der Waals surface area contributed by atoms with Crippen LogP contribution < -0.4 is 5.32 Å². The number of nitrogens with zero attached hydrogens (tertiary/aromatic N) is 3. The minimum absolute atomic E-state index is 0.0925. The lowest BCUT2D eigenvalue weighted by Crippen LogP contribution is -2.14. The predicted molar refractivity (Wildman–Crippen MR) is 128 cm³/mol. The van der Waals surface area contributed by atoms with Crippen LogP contribution in [0.3, 0.4) is 0 Å². The van der Waals surface area contributed by atoms with E-state index in [0.717, 1.165) is 15.5 Å². The Morgan fingerprint density at radius 1 is 1.37 bits per heavy atom. The summed E-state index contributed by atoms with van der Waals surface area (Å²) in [5.41, 5.74) is 2.18. The van der Waals surface area contributed by atoms with Gasteiger partial charge in [-0.1, -0.05) is 50.3 Å². The predicted octanol–water partition coefficient (Wildman–Crippen LogP) is 5.59. The average molecular weight is 460 g/mol. The van der Waals surface area contributed by atoms with Crippen molar-refractivity contribution in [1.29, 1.82) is 0 Å². The van der Waals surface area contributed by atoms with Crippen LogP contribution in [0.4, 0.5) is 5.13 Å². The van der Waals surface area contributed by atoms with Gasteiger partial charge in [0.2, 0.25) is 5.91 Å². The molecule has 30 heavy (non-hydrogen) atoms. The highest BCUT2D eigenvalue weighted by atomic mass is 32.2. The number of thiazole rings is 1. The SMILES string of the molecule is C=CCn1c(-c2sc(NC(=O)CSc3ccc(C(C)(C)C)cc3)nc2C)n[nH]c1=S. The van der Waals surface area contributed by atoms with E-state index in [1.807, 2.05) is 11.5 Å². The molecule has 0 saturated carbocycles. The second-order valence-electron chi connectivity index (χ2n) is 7.80. The average Bonchev–Trinajstić information content (AvgIpc) is 3.22. The standard InChI is InChI=1S/C21H25N5OS3/c1-6-11-26-18(24-25-20(26)28)17-13(2)22-19(30-17)23-16(27)12-29-15-9-7-14(8-10-15)21(3,4)5/h6-10H,1,11-12H2,2-5H3,(H,25,28)(H,22,23,27). The molecule has 2 aromatic heterocycles. The lowest BCUT2D eigenvalue weighted by atomic mass is 9.87. The highest BCUT2D eigenvalue weighted by Gasteiger charge is 2.17. The first-order chi connectivity index (χ1) is 14.2. The summed E-state index contributed by atoms with van der Waals surface area (Å²) < 4.78 is 2.38. The van der Waals surface area contributed by atoms with Crippen molar-refractivity contribution in [2.45, 2.75) is 44.6 Å². The zero-order chi connectivity index (χ0) is 21.9. The smallest absolute Gasteiger partial charge is 0.236 e.